The molecule has 0 spiro atoms. The van der Waals surface area contributed by atoms with E-state index < -0.39 is 24.4 Å². The highest BCUT2D eigenvalue weighted by atomic mass is 19.3. The number of alkyl halides is 2. The molecule has 0 radical (unpaired) electrons. The van der Waals surface area contributed by atoms with E-state index in [4.69, 9.17) is 0 Å². The molecule has 0 aliphatic carbocycles. The number of esters is 1. The van der Waals surface area contributed by atoms with E-state index in [9.17, 15) is 18.7 Å². The number of rotatable bonds is 6. The normalized spacial score (nSPS) is 14.4. The first-order chi connectivity index (χ1) is 9.38. The van der Waals surface area contributed by atoms with Crippen LogP contribution in [0, 0.1) is 5.92 Å². The molecule has 1 aromatic rings. The van der Waals surface area contributed by atoms with Gasteiger partial charge in [-0.05, 0) is 24.0 Å². The lowest BCUT2D eigenvalue weighted by molar-refractivity contribution is -0.160. The molecular weight excluding hydrogens is 266 g/mol. The summed E-state index contributed by atoms with van der Waals surface area (Å²) < 4.78 is 30.5. The van der Waals surface area contributed by atoms with E-state index in [-0.39, 0.29) is 12.2 Å². The molecule has 0 aliphatic rings. The van der Waals surface area contributed by atoms with Gasteiger partial charge in [-0.25, -0.2) is 8.78 Å². The molecular formula is C15H20F2O3. The van der Waals surface area contributed by atoms with Crippen molar-refractivity contribution in [1.29, 1.82) is 0 Å². The number of halogens is 2. The number of benzene rings is 1. The van der Waals surface area contributed by atoms with Crippen molar-refractivity contribution < 1.29 is 23.4 Å². The Labute approximate surface area is 117 Å². The second-order valence-electron chi connectivity index (χ2n) is 4.88. The van der Waals surface area contributed by atoms with E-state index in [2.05, 4.69) is 4.74 Å². The summed E-state index contributed by atoms with van der Waals surface area (Å²) in [5.74, 6) is -2.64. The molecule has 0 amide bonds. The third-order valence-electron chi connectivity index (χ3n) is 3.12. The monoisotopic (exact) mass is 286 g/mol. The van der Waals surface area contributed by atoms with E-state index in [1.54, 1.807) is 24.3 Å². The lowest BCUT2D eigenvalue weighted by Crippen LogP contribution is -2.30. The number of ether oxygens (including phenoxy) is 1. The Hall–Kier alpha value is -1.49. The smallest absolute Gasteiger partial charge is 0.317 e. The van der Waals surface area contributed by atoms with Crippen LogP contribution in [0.15, 0.2) is 24.3 Å². The summed E-state index contributed by atoms with van der Waals surface area (Å²) in [4.78, 5) is 11.5. The Morgan fingerprint density at radius 3 is 2.10 bits per heavy atom. The number of carbonyl (C=O) groups is 1. The molecule has 0 saturated heterocycles. The molecule has 3 nitrogen and oxygen atoms in total. The lowest BCUT2D eigenvalue weighted by atomic mass is 9.93. The first kappa shape index (κ1) is 16.6. The van der Waals surface area contributed by atoms with Crippen molar-refractivity contribution in [3.63, 3.8) is 0 Å². The first-order valence-corrected chi connectivity index (χ1v) is 6.61. The molecule has 5 heteroatoms. The van der Waals surface area contributed by atoms with Crippen LogP contribution in [-0.2, 0) is 9.53 Å². The Morgan fingerprint density at radius 2 is 1.70 bits per heavy atom. The van der Waals surface area contributed by atoms with Gasteiger partial charge in [-0.1, -0.05) is 38.1 Å². The second-order valence-corrected chi connectivity index (χ2v) is 4.88. The molecule has 1 rings (SSSR count). The minimum atomic E-state index is -2.98. The maximum absolute atomic E-state index is 13.0. The second kappa shape index (κ2) is 7.33. The van der Waals surface area contributed by atoms with E-state index in [0.29, 0.717) is 5.92 Å². The minimum Gasteiger partial charge on any atom is -0.466 e. The van der Waals surface area contributed by atoms with Gasteiger partial charge in [0.05, 0.1) is 12.7 Å². The molecule has 0 aromatic heterocycles. The lowest BCUT2D eigenvalue weighted by Gasteiger charge is -2.21. The molecule has 2 unspecified atom stereocenters. The molecule has 1 aromatic carbocycles. The zero-order chi connectivity index (χ0) is 15.3. The molecule has 2 atom stereocenters. The summed E-state index contributed by atoms with van der Waals surface area (Å²) in [5.41, 5.74) is 1.32. The number of aliphatic hydroxyl groups is 1. The molecule has 112 valence electrons. The summed E-state index contributed by atoms with van der Waals surface area (Å²) in [7, 11) is 0. The first-order valence-electron chi connectivity index (χ1n) is 6.61. The summed E-state index contributed by atoms with van der Waals surface area (Å²) in [6, 6.07) is 6.65. The van der Waals surface area contributed by atoms with Crippen molar-refractivity contribution in [2.24, 2.45) is 5.92 Å². The maximum Gasteiger partial charge on any atom is 0.317 e. The number of carbonyl (C=O) groups excluding carboxylic acids is 1. The molecule has 0 fully saturated rings. The van der Waals surface area contributed by atoms with E-state index in [1.165, 1.54) is 6.92 Å². The van der Waals surface area contributed by atoms with E-state index in [1.807, 2.05) is 13.8 Å². The van der Waals surface area contributed by atoms with Crippen molar-refractivity contribution >= 4 is 5.97 Å². The molecule has 0 heterocycles. The van der Waals surface area contributed by atoms with Gasteiger partial charge in [0.25, 0.3) is 6.43 Å². The average molecular weight is 286 g/mol. The van der Waals surface area contributed by atoms with Crippen LogP contribution in [0.5, 0.6) is 0 Å². The fraction of sp³-hybridized carbons (Fsp3) is 0.533. The molecule has 1 N–H and O–H groups in total. The van der Waals surface area contributed by atoms with Gasteiger partial charge < -0.3 is 9.84 Å². The van der Waals surface area contributed by atoms with Gasteiger partial charge in [0.2, 0.25) is 0 Å². The fourth-order valence-corrected chi connectivity index (χ4v) is 1.89. The van der Waals surface area contributed by atoms with Crippen molar-refractivity contribution in [3.8, 4) is 0 Å². The molecule has 0 bridgehead atoms. The number of hydrogen-bond donors (Lipinski definition) is 1. The topological polar surface area (TPSA) is 46.5 Å². The van der Waals surface area contributed by atoms with Crippen molar-refractivity contribution in [2.75, 3.05) is 6.61 Å². The van der Waals surface area contributed by atoms with Gasteiger partial charge in [0, 0.05) is 0 Å². The Morgan fingerprint density at radius 1 is 1.20 bits per heavy atom. The van der Waals surface area contributed by atoms with Gasteiger partial charge in [-0.15, -0.1) is 0 Å². The minimum absolute atomic E-state index is 0.00105. The van der Waals surface area contributed by atoms with Crippen LogP contribution in [0.2, 0.25) is 0 Å². The average Bonchev–Trinajstić information content (AvgIpc) is 2.38. The highest BCUT2D eigenvalue weighted by Gasteiger charge is 2.37. The predicted molar refractivity (Wildman–Crippen MR) is 71.6 cm³/mol. The quantitative estimate of drug-likeness (QED) is 0.816. The van der Waals surface area contributed by atoms with Crippen molar-refractivity contribution in [2.45, 2.75) is 39.2 Å². The largest absolute Gasteiger partial charge is 0.466 e. The Kier molecular flexibility index (Phi) is 6.07. The summed E-state index contributed by atoms with van der Waals surface area (Å²) in [6.45, 7) is 5.54. The van der Waals surface area contributed by atoms with Gasteiger partial charge in [-0.2, -0.15) is 0 Å². The van der Waals surface area contributed by atoms with Crippen LogP contribution in [-0.4, -0.2) is 24.1 Å². The van der Waals surface area contributed by atoms with E-state index >= 15 is 0 Å². The highest BCUT2D eigenvalue weighted by Crippen LogP contribution is 2.29. The molecule has 20 heavy (non-hydrogen) atoms. The van der Waals surface area contributed by atoms with Gasteiger partial charge in [0.15, 0.2) is 0 Å². The Bertz CT molecular complexity index is 429. The zero-order valence-electron chi connectivity index (χ0n) is 11.8. The van der Waals surface area contributed by atoms with Gasteiger partial charge in [0.1, 0.15) is 5.92 Å². The van der Waals surface area contributed by atoms with Crippen LogP contribution in [0.3, 0.4) is 0 Å². The van der Waals surface area contributed by atoms with Crippen molar-refractivity contribution in [1.82, 2.24) is 0 Å². The van der Waals surface area contributed by atoms with Crippen molar-refractivity contribution in [3.05, 3.63) is 35.4 Å². The number of aliphatic hydroxyl groups excluding tert-OH is 1. The van der Waals surface area contributed by atoms with Gasteiger partial charge >= 0.3 is 5.97 Å². The summed E-state index contributed by atoms with van der Waals surface area (Å²) >= 11 is 0. The van der Waals surface area contributed by atoms with Crippen LogP contribution in [0.1, 0.15) is 43.9 Å². The fourth-order valence-electron chi connectivity index (χ4n) is 1.89. The van der Waals surface area contributed by atoms with Crippen LogP contribution in [0.4, 0.5) is 8.78 Å². The number of hydrogen-bond acceptors (Lipinski definition) is 3. The highest BCUT2D eigenvalue weighted by molar-refractivity contribution is 5.73. The Balaban J connectivity index is 2.94. The molecule has 0 saturated carbocycles. The summed E-state index contributed by atoms with van der Waals surface area (Å²) in [6.07, 6.45) is -4.55. The standard InChI is InChI=1S/C15H20F2O3/c1-4-20-15(19)12(14(16)17)13(18)11-7-5-10(6-8-11)9(2)3/h5-9,12-14,18H,4H2,1-3H3. The van der Waals surface area contributed by atoms with Crippen LogP contribution < -0.4 is 0 Å². The molecule has 0 aliphatic heterocycles. The van der Waals surface area contributed by atoms with Crippen LogP contribution in [0.25, 0.3) is 0 Å². The zero-order valence-corrected chi connectivity index (χ0v) is 11.8. The maximum atomic E-state index is 13.0. The van der Waals surface area contributed by atoms with Gasteiger partial charge in [-0.3, -0.25) is 4.79 Å². The van der Waals surface area contributed by atoms with E-state index in [0.717, 1.165) is 5.56 Å². The summed E-state index contributed by atoms with van der Waals surface area (Å²) in [5, 5.41) is 10.00. The van der Waals surface area contributed by atoms with Crippen LogP contribution >= 0.6 is 0 Å². The SMILES string of the molecule is CCOC(=O)C(C(F)F)C(O)c1ccc(C(C)C)cc1. The predicted octanol–water partition coefficient (Wildman–Crippen LogP) is 3.29. The third-order valence-corrected chi connectivity index (χ3v) is 3.12. The third kappa shape index (κ3) is 4.00.